The number of nitrogens with zero attached hydrogens (tertiary/aromatic N) is 3. The van der Waals surface area contributed by atoms with Crippen molar-refractivity contribution in [1.29, 1.82) is 0 Å². The average molecular weight is 347 g/mol. The smallest absolute Gasteiger partial charge is 0.319 e. The lowest BCUT2D eigenvalue weighted by atomic mass is 10.3. The van der Waals surface area contributed by atoms with Gasteiger partial charge in [0.05, 0.1) is 25.1 Å². The first-order chi connectivity index (χ1) is 12.1. The molecule has 0 bridgehead atoms. The summed E-state index contributed by atoms with van der Waals surface area (Å²) in [7, 11) is 0. The molecule has 0 atom stereocenters. The molecule has 1 aromatic heterocycles. The number of hydrogen-bond acceptors (Lipinski definition) is 6. The number of hydrogen-bond donors (Lipinski definition) is 2. The first-order valence-corrected chi connectivity index (χ1v) is 8.30. The molecule has 3 heterocycles. The van der Waals surface area contributed by atoms with Gasteiger partial charge in [0.1, 0.15) is 5.82 Å². The van der Waals surface area contributed by atoms with E-state index in [1.807, 2.05) is 6.07 Å². The lowest BCUT2D eigenvalue weighted by Crippen LogP contribution is -2.39. The Morgan fingerprint density at radius 1 is 1.16 bits per heavy atom. The van der Waals surface area contributed by atoms with Crippen LogP contribution < -0.4 is 15.5 Å². The van der Waals surface area contributed by atoms with E-state index in [-0.39, 0.29) is 37.7 Å². The summed E-state index contributed by atoms with van der Waals surface area (Å²) in [6.45, 7) is 3.38. The molecule has 9 nitrogen and oxygen atoms in total. The van der Waals surface area contributed by atoms with E-state index < -0.39 is 6.03 Å². The number of rotatable bonds is 5. The fraction of sp³-hybridized carbons (Fsp3) is 0.500. The second-order valence-corrected chi connectivity index (χ2v) is 5.82. The molecule has 0 unspecified atom stereocenters. The second kappa shape index (κ2) is 7.93. The van der Waals surface area contributed by atoms with Crippen LogP contribution in [-0.2, 0) is 14.3 Å². The van der Waals surface area contributed by atoms with Crippen molar-refractivity contribution in [3.63, 3.8) is 0 Å². The van der Waals surface area contributed by atoms with Crippen molar-refractivity contribution in [2.24, 2.45) is 0 Å². The normalized spacial score (nSPS) is 17.8. The minimum Gasteiger partial charge on any atom is -0.378 e. The molecule has 2 aliphatic heterocycles. The van der Waals surface area contributed by atoms with Gasteiger partial charge in [-0.2, -0.15) is 0 Å². The summed E-state index contributed by atoms with van der Waals surface area (Å²) in [5.74, 6) is 0.477. The van der Waals surface area contributed by atoms with Crippen molar-refractivity contribution in [2.45, 2.75) is 12.8 Å². The van der Waals surface area contributed by atoms with Crippen molar-refractivity contribution in [1.82, 2.24) is 15.2 Å². The van der Waals surface area contributed by atoms with Crippen LogP contribution in [0.15, 0.2) is 18.3 Å². The minimum absolute atomic E-state index is 0.185. The van der Waals surface area contributed by atoms with Gasteiger partial charge in [0.2, 0.25) is 11.8 Å². The Morgan fingerprint density at radius 3 is 2.52 bits per heavy atom. The number of urea groups is 1. The van der Waals surface area contributed by atoms with Crippen molar-refractivity contribution < 1.29 is 19.1 Å². The molecule has 1 aromatic rings. The lowest BCUT2D eigenvalue weighted by molar-refractivity contribution is -0.138. The van der Waals surface area contributed by atoms with E-state index in [4.69, 9.17) is 4.74 Å². The van der Waals surface area contributed by atoms with E-state index in [9.17, 15) is 14.4 Å². The van der Waals surface area contributed by atoms with Crippen molar-refractivity contribution in [2.75, 3.05) is 49.6 Å². The molecule has 2 saturated heterocycles. The summed E-state index contributed by atoms with van der Waals surface area (Å²) in [5.41, 5.74) is 0.572. The Kier molecular flexibility index (Phi) is 5.44. The van der Waals surface area contributed by atoms with Crippen molar-refractivity contribution >= 4 is 29.4 Å². The Morgan fingerprint density at radius 2 is 1.88 bits per heavy atom. The fourth-order valence-electron chi connectivity index (χ4n) is 2.77. The van der Waals surface area contributed by atoms with Crippen LogP contribution in [0.25, 0.3) is 0 Å². The van der Waals surface area contributed by atoms with Gasteiger partial charge in [0.15, 0.2) is 0 Å². The number of carbonyl (C=O) groups excluding carboxylic acids is 3. The highest BCUT2D eigenvalue weighted by molar-refractivity contribution is 6.02. The predicted octanol–water partition coefficient (Wildman–Crippen LogP) is 0.189. The summed E-state index contributed by atoms with van der Waals surface area (Å²) in [5, 5.41) is 5.30. The topological polar surface area (TPSA) is 104 Å². The molecule has 4 amide bonds. The van der Waals surface area contributed by atoms with Gasteiger partial charge in [-0.15, -0.1) is 0 Å². The zero-order valence-corrected chi connectivity index (χ0v) is 13.9. The zero-order valence-electron chi connectivity index (χ0n) is 13.9. The van der Waals surface area contributed by atoms with Crippen LogP contribution in [0.1, 0.15) is 12.8 Å². The van der Waals surface area contributed by atoms with Gasteiger partial charge in [-0.1, -0.05) is 0 Å². The predicted molar refractivity (Wildman–Crippen MR) is 90.2 cm³/mol. The number of ether oxygens (including phenoxy) is 1. The molecule has 134 valence electrons. The quantitative estimate of drug-likeness (QED) is 0.737. The molecule has 0 aromatic carbocycles. The third-order valence-corrected chi connectivity index (χ3v) is 4.12. The monoisotopic (exact) mass is 347 g/mol. The number of morpholine rings is 1. The highest BCUT2D eigenvalue weighted by atomic mass is 16.5. The lowest BCUT2D eigenvalue weighted by Gasteiger charge is -2.27. The fourth-order valence-corrected chi connectivity index (χ4v) is 2.77. The van der Waals surface area contributed by atoms with Gasteiger partial charge in [0.25, 0.3) is 0 Å². The number of imide groups is 1. The number of anilines is 2. The van der Waals surface area contributed by atoms with Crippen LogP contribution in [0.3, 0.4) is 0 Å². The van der Waals surface area contributed by atoms with Crippen LogP contribution in [0.5, 0.6) is 0 Å². The summed E-state index contributed by atoms with van der Waals surface area (Å²) in [6.07, 6.45) is 2.11. The van der Waals surface area contributed by atoms with Crippen molar-refractivity contribution in [3.8, 4) is 0 Å². The molecule has 0 spiro atoms. The van der Waals surface area contributed by atoms with E-state index in [0.717, 1.165) is 18.9 Å². The van der Waals surface area contributed by atoms with E-state index in [0.29, 0.717) is 18.9 Å². The maximum atomic E-state index is 11.9. The number of nitrogens with one attached hydrogen (secondary N) is 2. The molecular weight excluding hydrogens is 326 g/mol. The van der Waals surface area contributed by atoms with E-state index in [1.165, 1.54) is 4.90 Å². The van der Waals surface area contributed by atoms with E-state index >= 15 is 0 Å². The maximum Gasteiger partial charge on any atom is 0.319 e. The van der Waals surface area contributed by atoms with Gasteiger partial charge in [-0.05, 0) is 12.1 Å². The molecule has 0 radical (unpaired) electrons. The number of pyridine rings is 1. The maximum absolute atomic E-state index is 11.9. The Labute approximate surface area is 145 Å². The molecule has 2 N–H and O–H groups in total. The Balaban J connectivity index is 1.43. The Hall–Kier alpha value is -2.68. The Bertz CT molecular complexity index is 626. The largest absolute Gasteiger partial charge is 0.378 e. The third kappa shape index (κ3) is 4.44. The molecule has 2 aliphatic rings. The van der Waals surface area contributed by atoms with Gasteiger partial charge < -0.3 is 20.3 Å². The number of amides is 4. The molecule has 2 fully saturated rings. The average Bonchev–Trinajstić information content (AvgIpc) is 2.95. The standard InChI is InChI=1S/C16H21N5O4/c22-14-3-4-15(23)21(14)6-5-17-16(24)19-12-1-2-13(18-11-12)20-7-9-25-10-8-20/h1-2,11H,3-10H2,(H2,17,19,24). The third-order valence-electron chi connectivity index (χ3n) is 4.12. The highest BCUT2D eigenvalue weighted by Gasteiger charge is 2.28. The molecule has 3 rings (SSSR count). The minimum atomic E-state index is -0.403. The first-order valence-electron chi connectivity index (χ1n) is 8.30. The van der Waals surface area contributed by atoms with Gasteiger partial charge in [-0.25, -0.2) is 9.78 Å². The summed E-state index contributed by atoms with van der Waals surface area (Å²) < 4.78 is 5.30. The SMILES string of the molecule is O=C(NCCN1C(=O)CCC1=O)Nc1ccc(N2CCOCC2)nc1. The first kappa shape index (κ1) is 17.2. The number of likely N-dealkylation sites (tertiary alicyclic amines) is 1. The van der Waals surface area contributed by atoms with E-state index in [2.05, 4.69) is 20.5 Å². The zero-order chi connectivity index (χ0) is 17.6. The van der Waals surface area contributed by atoms with Gasteiger partial charge in [0, 0.05) is 39.0 Å². The van der Waals surface area contributed by atoms with Gasteiger partial charge >= 0.3 is 6.03 Å². The molecular formula is C16H21N5O4. The van der Waals surface area contributed by atoms with Crippen LogP contribution >= 0.6 is 0 Å². The molecule has 0 aliphatic carbocycles. The van der Waals surface area contributed by atoms with Crippen LogP contribution in [0.4, 0.5) is 16.3 Å². The number of aromatic nitrogens is 1. The van der Waals surface area contributed by atoms with Crippen LogP contribution in [0.2, 0.25) is 0 Å². The van der Waals surface area contributed by atoms with E-state index in [1.54, 1.807) is 12.3 Å². The summed E-state index contributed by atoms with van der Waals surface area (Å²) in [4.78, 5) is 42.5. The highest BCUT2D eigenvalue weighted by Crippen LogP contribution is 2.15. The molecule has 9 heteroatoms. The number of carbonyl (C=O) groups is 3. The van der Waals surface area contributed by atoms with Crippen molar-refractivity contribution in [3.05, 3.63) is 18.3 Å². The second-order valence-electron chi connectivity index (χ2n) is 5.82. The molecule has 0 saturated carbocycles. The summed E-state index contributed by atoms with van der Waals surface area (Å²) in [6, 6.07) is 3.23. The van der Waals surface area contributed by atoms with Crippen LogP contribution in [0, 0.1) is 0 Å². The van der Waals surface area contributed by atoms with Gasteiger partial charge in [-0.3, -0.25) is 14.5 Å². The summed E-state index contributed by atoms with van der Waals surface area (Å²) >= 11 is 0. The molecule has 25 heavy (non-hydrogen) atoms. The van der Waals surface area contributed by atoms with Crippen LogP contribution in [-0.4, -0.2) is 67.1 Å².